The largest absolute Gasteiger partial charge is 0.391 e. The number of hydrogen-bond acceptors (Lipinski definition) is 8. The van der Waals surface area contributed by atoms with Crippen LogP contribution in [-0.4, -0.2) is 47.7 Å². The lowest BCUT2D eigenvalue weighted by atomic mass is 10.2. The first-order valence-electron chi connectivity index (χ1n) is 5.50. The minimum atomic E-state index is -0.475. The molecule has 0 amide bonds. The number of hydrazine groups is 1. The van der Waals surface area contributed by atoms with Crippen LogP contribution in [0.1, 0.15) is 6.42 Å². The summed E-state index contributed by atoms with van der Waals surface area (Å²) in [6.45, 7) is 0.927. The van der Waals surface area contributed by atoms with Crippen LogP contribution in [-0.2, 0) is 4.74 Å². The van der Waals surface area contributed by atoms with Gasteiger partial charge in [0.25, 0.3) is 0 Å². The number of methoxy groups -OCH3 is 1. The lowest BCUT2D eigenvalue weighted by molar-refractivity contribution is 0.0615. The minimum Gasteiger partial charge on any atom is -0.391 e. The van der Waals surface area contributed by atoms with E-state index in [2.05, 4.69) is 20.7 Å². The molecule has 0 aliphatic carbocycles. The summed E-state index contributed by atoms with van der Waals surface area (Å²) in [5.74, 6) is 6.55. The highest BCUT2D eigenvalue weighted by Crippen LogP contribution is 2.16. The summed E-state index contributed by atoms with van der Waals surface area (Å²) in [5.41, 5.74) is 2.49. The van der Waals surface area contributed by atoms with Crippen LogP contribution in [0.15, 0.2) is 11.2 Å². The average Bonchev–Trinajstić information content (AvgIpc) is 2.38. The smallest absolute Gasteiger partial charge is 0.191 e. The summed E-state index contributed by atoms with van der Waals surface area (Å²) in [6.07, 6.45) is 2.00. The van der Waals surface area contributed by atoms with E-state index in [0.29, 0.717) is 36.4 Å². The maximum absolute atomic E-state index is 9.49. The fourth-order valence-electron chi connectivity index (χ4n) is 1.32. The maximum atomic E-state index is 9.49. The van der Waals surface area contributed by atoms with Crippen molar-refractivity contribution in [3.8, 4) is 0 Å². The number of aliphatic hydroxyl groups is 1. The van der Waals surface area contributed by atoms with Gasteiger partial charge in [-0.15, -0.1) is 0 Å². The number of ether oxygens (including phenoxy) is 1. The molecule has 0 aliphatic rings. The van der Waals surface area contributed by atoms with Crippen molar-refractivity contribution in [3.05, 3.63) is 6.07 Å². The van der Waals surface area contributed by atoms with Crippen LogP contribution < -0.4 is 16.6 Å². The number of aliphatic hydroxyl groups excluding tert-OH is 1. The van der Waals surface area contributed by atoms with Crippen LogP contribution >= 0.6 is 11.8 Å². The lowest BCUT2D eigenvalue weighted by Crippen LogP contribution is -2.19. The van der Waals surface area contributed by atoms with Gasteiger partial charge in [0.05, 0.1) is 12.7 Å². The first-order chi connectivity index (χ1) is 8.69. The van der Waals surface area contributed by atoms with Crippen molar-refractivity contribution in [2.24, 2.45) is 5.84 Å². The predicted octanol–water partition coefficient (Wildman–Crippen LogP) is 0.293. The molecule has 18 heavy (non-hydrogen) atoms. The Labute approximate surface area is 111 Å². The van der Waals surface area contributed by atoms with E-state index < -0.39 is 6.10 Å². The van der Waals surface area contributed by atoms with Gasteiger partial charge in [0, 0.05) is 19.7 Å². The van der Waals surface area contributed by atoms with Gasteiger partial charge in [-0.1, -0.05) is 11.8 Å². The molecule has 0 spiro atoms. The number of aromatic nitrogens is 2. The summed E-state index contributed by atoms with van der Waals surface area (Å²) in [7, 11) is 1.56. The third kappa shape index (κ3) is 5.05. The highest BCUT2D eigenvalue weighted by molar-refractivity contribution is 7.98. The van der Waals surface area contributed by atoms with Gasteiger partial charge in [-0.3, -0.25) is 0 Å². The number of nitrogens with zero attached hydrogens (tertiary/aromatic N) is 2. The SMILES string of the molecule is COCC(O)CCNc1cc(NN)nc(SC)n1. The number of rotatable bonds is 8. The van der Waals surface area contributed by atoms with Crippen molar-refractivity contribution in [3.63, 3.8) is 0 Å². The fourth-order valence-corrected chi connectivity index (χ4v) is 1.70. The van der Waals surface area contributed by atoms with Crippen LogP contribution in [0.5, 0.6) is 0 Å². The predicted molar refractivity (Wildman–Crippen MR) is 72.6 cm³/mol. The molecule has 1 unspecified atom stereocenters. The van der Waals surface area contributed by atoms with Crippen LogP contribution in [0.4, 0.5) is 11.6 Å². The Morgan fingerprint density at radius 3 is 2.83 bits per heavy atom. The highest BCUT2D eigenvalue weighted by Gasteiger charge is 2.05. The van der Waals surface area contributed by atoms with Gasteiger partial charge >= 0.3 is 0 Å². The van der Waals surface area contributed by atoms with E-state index in [1.54, 1.807) is 13.2 Å². The molecule has 1 atom stereocenters. The lowest BCUT2D eigenvalue weighted by Gasteiger charge is -2.11. The van der Waals surface area contributed by atoms with Gasteiger partial charge in [0.1, 0.15) is 11.6 Å². The fraction of sp³-hybridized carbons (Fsp3) is 0.600. The monoisotopic (exact) mass is 273 g/mol. The Kier molecular flexibility index (Phi) is 6.73. The van der Waals surface area contributed by atoms with Gasteiger partial charge in [-0.05, 0) is 12.7 Å². The van der Waals surface area contributed by atoms with Crippen molar-refractivity contribution in [2.45, 2.75) is 17.7 Å². The molecular weight excluding hydrogens is 254 g/mol. The summed E-state index contributed by atoms with van der Waals surface area (Å²) < 4.78 is 4.85. The van der Waals surface area contributed by atoms with E-state index >= 15 is 0 Å². The molecule has 1 aromatic heterocycles. The van der Waals surface area contributed by atoms with Gasteiger partial charge in [0.2, 0.25) is 0 Å². The summed E-state index contributed by atoms with van der Waals surface area (Å²) in [6, 6.07) is 1.71. The maximum Gasteiger partial charge on any atom is 0.191 e. The van der Waals surface area contributed by atoms with E-state index in [0.717, 1.165) is 0 Å². The molecule has 0 bridgehead atoms. The van der Waals surface area contributed by atoms with Gasteiger partial charge in [0.15, 0.2) is 5.16 Å². The normalized spacial score (nSPS) is 12.2. The number of nitrogens with one attached hydrogen (secondary N) is 2. The second-order valence-corrected chi connectivity index (χ2v) is 4.37. The number of hydrogen-bond donors (Lipinski definition) is 4. The molecule has 8 heteroatoms. The Bertz CT molecular complexity index is 344. The average molecular weight is 273 g/mol. The second-order valence-electron chi connectivity index (χ2n) is 3.59. The minimum absolute atomic E-state index is 0.330. The summed E-state index contributed by atoms with van der Waals surface area (Å²) >= 11 is 1.43. The van der Waals surface area contributed by atoms with Crippen molar-refractivity contribution in [1.29, 1.82) is 0 Å². The molecule has 0 aliphatic heterocycles. The Balaban J connectivity index is 2.50. The molecule has 7 nitrogen and oxygen atoms in total. The zero-order valence-corrected chi connectivity index (χ0v) is 11.3. The van der Waals surface area contributed by atoms with Crippen LogP contribution in [0.2, 0.25) is 0 Å². The van der Waals surface area contributed by atoms with Crippen molar-refractivity contribution in [2.75, 3.05) is 37.3 Å². The van der Waals surface area contributed by atoms with E-state index in [1.807, 2.05) is 6.26 Å². The van der Waals surface area contributed by atoms with Crippen LogP contribution in [0.3, 0.4) is 0 Å². The molecule has 0 saturated heterocycles. The molecule has 0 saturated carbocycles. The molecule has 5 N–H and O–H groups in total. The third-order valence-electron chi connectivity index (χ3n) is 2.18. The Hall–Kier alpha value is -1.09. The molecule has 1 aromatic rings. The zero-order valence-electron chi connectivity index (χ0n) is 10.5. The molecule has 102 valence electrons. The van der Waals surface area contributed by atoms with E-state index in [1.165, 1.54) is 11.8 Å². The van der Waals surface area contributed by atoms with Crippen molar-refractivity contribution in [1.82, 2.24) is 9.97 Å². The molecule has 1 heterocycles. The number of nitrogen functional groups attached to an aromatic ring is 1. The number of anilines is 2. The van der Waals surface area contributed by atoms with Gasteiger partial charge in [-0.2, -0.15) is 0 Å². The number of thioether (sulfide) groups is 1. The van der Waals surface area contributed by atoms with Gasteiger partial charge < -0.3 is 20.6 Å². The standard InChI is InChI=1S/C10H19N5O2S/c1-17-6-7(16)3-4-12-8-5-9(15-11)14-10(13-8)18-2/h5,7,16H,3-4,6,11H2,1-2H3,(H2,12,13,14,15). The van der Waals surface area contributed by atoms with E-state index in [-0.39, 0.29) is 0 Å². The van der Waals surface area contributed by atoms with Crippen molar-refractivity contribution >= 4 is 23.4 Å². The van der Waals surface area contributed by atoms with Crippen LogP contribution in [0.25, 0.3) is 0 Å². The van der Waals surface area contributed by atoms with E-state index in [4.69, 9.17) is 10.6 Å². The Morgan fingerprint density at radius 2 is 2.22 bits per heavy atom. The topological polar surface area (TPSA) is 105 Å². The van der Waals surface area contributed by atoms with E-state index in [9.17, 15) is 5.11 Å². The highest BCUT2D eigenvalue weighted by atomic mass is 32.2. The molecule has 0 fully saturated rings. The van der Waals surface area contributed by atoms with Gasteiger partial charge in [-0.25, -0.2) is 15.8 Å². The third-order valence-corrected chi connectivity index (χ3v) is 2.73. The molecule has 1 rings (SSSR count). The summed E-state index contributed by atoms with van der Waals surface area (Å²) in [4.78, 5) is 8.42. The number of nitrogens with two attached hydrogens (primary N) is 1. The zero-order chi connectivity index (χ0) is 13.4. The van der Waals surface area contributed by atoms with Crippen LogP contribution in [0, 0.1) is 0 Å². The molecular formula is C10H19N5O2S. The molecule has 0 radical (unpaired) electrons. The summed E-state index contributed by atoms with van der Waals surface area (Å²) in [5, 5.41) is 13.2. The first-order valence-corrected chi connectivity index (χ1v) is 6.72. The quantitative estimate of drug-likeness (QED) is 0.232. The first kappa shape index (κ1) is 15.0. The van der Waals surface area contributed by atoms with Crippen molar-refractivity contribution < 1.29 is 9.84 Å². The Morgan fingerprint density at radius 1 is 1.50 bits per heavy atom. The second kappa shape index (κ2) is 8.09. The molecule has 0 aromatic carbocycles.